The van der Waals surface area contributed by atoms with Crippen LogP contribution in [0.3, 0.4) is 0 Å². The molecule has 0 aromatic carbocycles. The number of hydrogen-bond donors (Lipinski definition) is 0. The number of unbranched alkanes of at least 4 members (excludes halogenated alkanes) is 13. The van der Waals surface area contributed by atoms with Gasteiger partial charge in [-0.2, -0.15) is 0 Å². The molecule has 0 aliphatic heterocycles. The van der Waals surface area contributed by atoms with Crippen LogP contribution in [0.25, 0.3) is 0 Å². The molecule has 0 radical (unpaired) electrons. The van der Waals surface area contributed by atoms with Crippen LogP contribution in [0.2, 0.25) is 0 Å². The van der Waals surface area contributed by atoms with Crippen LogP contribution in [0, 0.1) is 11.8 Å². The number of esters is 1. The summed E-state index contributed by atoms with van der Waals surface area (Å²) in [5.41, 5.74) is 0. The molecule has 0 aliphatic carbocycles. The lowest BCUT2D eigenvalue weighted by Crippen LogP contribution is -2.05. The Hall–Kier alpha value is -0.530. The maximum absolute atomic E-state index is 11.7. The minimum absolute atomic E-state index is 0.0161. The second kappa shape index (κ2) is 21.2. The molecule has 2 heteroatoms. The Morgan fingerprint density at radius 3 is 1.32 bits per heavy atom. The van der Waals surface area contributed by atoms with Crippen molar-refractivity contribution in [3.63, 3.8) is 0 Å². The summed E-state index contributed by atoms with van der Waals surface area (Å²) in [6.07, 6.45) is 22.7. The lowest BCUT2D eigenvalue weighted by molar-refractivity contribution is -0.143. The molecular weight excluding hydrogens is 344 g/mol. The van der Waals surface area contributed by atoms with Gasteiger partial charge >= 0.3 is 5.97 Å². The van der Waals surface area contributed by atoms with E-state index in [1.165, 1.54) is 96.3 Å². The second-order valence-corrected chi connectivity index (χ2v) is 9.64. The van der Waals surface area contributed by atoms with Gasteiger partial charge in [-0.15, -0.1) is 0 Å². The lowest BCUT2D eigenvalue weighted by Gasteiger charge is -2.06. The molecule has 0 unspecified atom stereocenters. The zero-order valence-corrected chi connectivity index (χ0v) is 19.9. The smallest absolute Gasteiger partial charge is 0.305 e. The summed E-state index contributed by atoms with van der Waals surface area (Å²) in [5, 5.41) is 0. The van der Waals surface area contributed by atoms with Crippen LogP contribution in [-0.2, 0) is 9.53 Å². The molecule has 0 spiro atoms. The fourth-order valence-corrected chi connectivity index (χ4v) is 3.68. The summed E-state index contributed by atoms with van der Waals surface area (Å²) in [4.78, 5) is 11.7. The van der Waals surface area contributed by atoms with Crippen molar-refractivity contribution in [3.05, 3.63) is 0 Å². The van der Waals surface area contributed by atoms with Crippen molar-refractivity contribution in [3.8, 4) is 0 Å². The third-order valence-corrected chi connectivity index (χ3v) is 5.60. The van der Waals surface area contributed by atoms with E-state index in [2.05, 4.69) is 27.7 Å². The van der Waals surface area contributed by atoms with Crippen molar-refractivity contribution < 1.29 is 9.53 Å². The van der Waals surface area contributed by atoms with E-state index in [1.807, 2.05) is 0 Å². The molecule has 2 nitrogen and oxygen atoms in total. The highest BCUT2D eigenvalue weighted by atomic mass is 16.5. The molecule has 0 atom stereocenters. The highest BCUT2D eigenvalue weighted by Crippen LogP contribution is 2.14. The second-order valence-electron chi connectivity index (χ2n) is 9.64. The first-order valence-electron chi connectivity index (χ1n) is 12.7. The summed E-state index contributed by atoms with van der Waals surface area (Å²) < 4.78 is 5.37. The molecule has 0 rings (SSSR count). The van der Waals surface area contributed by atoms with Gasteiger partial charge < -0.3 is 4.74 Å². The molecule has 0 aromatic heterocycles. The summed E-state index contributed by atoms with van der Waals surface area (Å²) in [5.74, 6) is 1.71. The summed E-state index contributed by atoms with van der Waals surface area (Å²) in [6.45, 7) is 9.85. The number of carbonyl (C=O) groups excluding carboxylic acids is 1. The summed E-state index contributed by atoms with van der Waals surface area (Å²) in [6, 6.07) is 0. The zero-order valence-electron chi connectivity index (χ0n) is 19.9. The molecule has 0 aliphatic rings. The standard InChI is InChI=1S/C26H52O2/c1-24(2)20-16-12-8-5-6-10-14-18-22-26(27)28-23-19-15-11-7-9-13-17-21-25(3)4/h24-25H,5-23H2,1-4H3. The molecule has 0 saturated heterocycles. The fraction of sp³-hybridized carbons (Fsp3) is 0.962. The SMILES string of the molecule is CC(C)CCCCCCCCCCC(=O)OCCCCCCCCCC(C)C. The Bertz CT molecular complexity index is 292. The molecule has 0 amide bonds. The van der Waals surface area contributed by atoms with Crippen LogP contribution in [-0.4, -0.2) is 12.6 Å². The first kappa shape index (κ1) is 27.5. The largest absolute Gasteiger partial charge is 0.466 e. The first-order chi connectivity index (χ1) is 13.5. The molecule has 28 heavy (non-hydrogen) atoms. The Morgan fingerprint density at radius 2 is 0.893 bits per heavy atom. The van der Waals surface area contributed by atoms with E-state index < -0.39 is 0 Å². The van der Waals surface area contributed by atoms with E-state index in [9.17, 15) is 4.79 Å². The molecule has 0 heterocycles. The van der Waals surface area contributed by atoms with E-state index in [0.717, 1.165) is 24.7 Å². The van der Waals surface area contributed by atoms with E-state index >= 15 is 0 Å². The Balaban J connectivity index is 3.17. The average Bonchev–Trinajstić information content (AvgIpc) is 2.64. The Kier molecular flexibility index (Phi) is 20.8. The highest BCUT2D eigenvalue weighted by Gasteiger charge is 2.03. The number of ether oxygens (including phenoxy) is 1. The van der Waals surface area contributed by atoms with Crippen molar-refractivity contribution >= 4 is 5.97 Å². The minimum Gasteiger partial charge on any atom is -0.466 e. The van der Waals surface area contributed by atoms with Crippen LogP contribution in [0.15, 0.2) is 0 Å². The van der Waals surface area contributed by atoms with Crippen LogP contribution in [0.1, 0.15) is 143 Å². The monoisotopic (exact) mass is 396 g/mol. The van der Waals surface area contributed by atoms with Gasteiger partial charge in [0.15, 0.2) is 0 Å². The van der Waals surface area contributed by atoms with Gasteiger partial charge in [-0.25, -0.2) is 0 Å². The molecule has 0 saturated carbocycles. The van der Waals surface area contributed by atoms with Gasteiger partial charge in [-0.1, -0.05) is 124 Å². The van der Waals surface area contributed by atoms with E-state index in [4.69, 9.17) is 4.74 Å². The van der Waals surface area contributed by atoms with Crippen LogP contribution < -0.4 is 0 Å². The molecule has 0 bridgehead atoms. The number of carbonyl (C=O) groups is 1. The van der Waals surface area contributed by atoms with Crippen LogP contribution >= 0.6 is 0 Å². The quantitative estimate of drug-likeness (QED) is 0.143. The molecule has 0 fully saturated rings. The van der Waals surface area contributed by atoms with Gasteiger partial charge in [-0.05, 0) is 24.7 Å². The minimum atomic E-state index is 0.0161. The average molecular weight is 397 g/mol. The van der Waals surface area contributed by atoms with Crippen LogP contribution in [0.4, 0.5) is 0 Å². The maximum atomic E-state index is 11.7. The molecule has 0 N–H and O–H groups in total. The van der Waals surface area contributed by atoms with Crippen molar-refractivity contribution in [1.82, 2.24) is 0 Å². The first-order valence-corrected chi connectivity index (χ1v) is 12.7. The normalized spacial score (nSPS) is 11.5. The van der Waals surface area contributed by atoms with E-state index in [1.54, 1.807) is 0 Å². The van der Waals surface area contributed by atoms with E-state index in [0.29, 0.717) is 13.0 Å². The summed E-state index contributed by atoms with van der Waals surface area (Å²) >= 11 is 0. The number of hydrogen-bond acceptors (Lipinski definition) is 2. The third-order valence-electron chi connectivity index (χ3n) is 5.60. The van der Waals surface area contributed by atoms with Crippen LogP contribution in [0.5, 0.6) is 0 Å². The predicted octanol–water partition coefficient (Wildman–Crippen LogP) is 8.86. The van der Waals surface area contributed by atoms with Gasteiger partial charge in [0.25, 0.3) is 0 Å². The Morgan fingerprint density at radius 1 is 0.536 bits per heavy atom. The van der Waals surface area contributed by atoms with E-state index in [-0.39, 0.29) is 5.97 Å². The fourth-order valence-electron chi connectivity index (χ4n) is 3.68. The van der Waals surface area contributed by atoms with Crippen molar-refractivity contribution in [1.29, 1.82) is 0 Å². The third kappa shape index (κ3) is 23.5. The van der Waals surface area contributed by atoms with Crippen molar-refractivity contribution in [2.24, 2.45) is 11.8 Å². The molecule has 168 valence electrons. The van der Waals surface area contributed by atoms with Crippen molar-refractivity contribution in [2.75, 3.05) is 6.61 Å². The van der Waals surface area contributed by atoms with Gasteiger partial charge in [0.2, 0.25) is 0 Å². The summed E-state index contributed by atoms with van der Waals surface area (Å²) in [7, 11) is 0. The molecule has 0 aromatic rings. The van der Waals surface area contributed by atoms with Crippen molar-refractivity contribution in [2.45, 2.75) is 143 Å². The number of rotatable bonds is 21. The topological polar surface area (TPSA) is 26.3 Å². The van der Waals surface area contributed by atoms with Gasteiger partial charge in [0.05, 0.1) is 6.61 Å². The lowest BCUT2D eigenvalue weighted by atomic mass is 10.0. The van der Waals surface area contributed by atoms with Gasteiger partial charge in [-0.3, -0.25) is 4.79 Å². The molecular formula is C26H52O2. The zero-order chi connectivity index (χ0) is 20.9. The maximum Gasteiger partial charge on any atom is 0.305 e. The van der Waals surface area contributed by atoms with Gasteiger partial charge in [0, 0.05) is 6.42 Å². The Labute approximate surface area is 177 Å². The predicted molar refractivity (Wildman–Crippen MR) is 124 cm³/mol. The van der Waals surface area contributed by atoms with Gasteiger partial charge in [0.1, 0.15) is 0 Å². The highest BCUT2D eigenvalue weighted by molar-refractivity contribution is 5.69.